The molecule has 1 aromatic heterocycles. The van der Waals surface area contributed by atoms with Crippen LogP contribution in [0.4, 0.5) is 0 Å². The molecule has 0 aliphatic carbocycles. The zero-order chi connectivity index (χ0) is 13.8. The van der Waals surface area contributed by atoms with Gasteiger partial charge in [0.25, 0.3) is 5.91 Å². The maximum atomic E-state index is 11.7. The van der Waals surface area contributed by atoms with Gasteiger partial charge in [0.1, 0.15) is 5.76 Å². The van der Waals surface area contributed by atoms with Crippen molar-refractivity contribution < 1.29 is 19.1 Å². The molecule has 0 fully saturated rings. The molecule has 18 heavy (non-hydrogen) atoms. The summed E-state index contributed by atoms with van der Waals surface area (Å²) in [6.07, 6.45) is 0.425. The van der Waals surface area contributed by atoms with E-state index < -0.39 is 17.3 Å². The summed E-state index contributed by atoms with van der Waals surface area (Å²) >= 11 is 0. The molecule has 0 saturated heterocycles. The van der Waals surface area contributed by atoms with Crippen LogP contribution in [0.25, 0.3) is 0 Å². The Bertz CT molecular complexity index is 441. The lowest BCUT2D eigenvalue weighted by Crippen LogP contribution is -2.40. The molecular formula is C12H18N2O4. The Kier molecular flexibility index (Phi) is 4.49. The molecular weight excluding hydrogens is 236 g/mol. The molecule has 0 bridgehead atoms. The molecule has 4 N–H and O–H groups in total. The third-order valence-corrected chi connectivity index (χ3v) is 3.02. The predicted octanol–water partition coefficient (Wildman–Crippen LogP) is 0.969. The minimum atomic E-state index is -0.973. The van der Waals surface area contributed by atoms with Crippen molar-refractivity contribution >= 4 is 11.9 Å². The Morgan fingerprint density at radius 2 is 2.17 bits per heavy atom. The van der Waals surface area contributed by atoms with Gasteiger partial charge in [-0.15, -0.1) is 0 Å². The highest BCUT2D eigenvalue weighted by Crippen LogP contribution is 2.20. The average Bonchev–Trinajstić information content (AvgIpc) is 2.84. The number of furan rings is 1. The van der Waals surface area contributed by atoms with Gasteiger partial charge >= 0.3 is 5.97 Å². The Balaban J connectivity index is 2.63. The van der Waals surface area contributed by atoms with E-state index in [-0.39, 0.29) is 18.8 Å². The molecule has 1 unspecified atom stereocenters. The summed E-state index contributed by atoms with van der Waals surface area (Å²) in [5.41, 5.74) is 4.39. The summed E-state index contributed by atoms with van der Waals surface area (Å²) in [5.74, 6) is -0.723. The van der Waals surface area contributed by atoms with Crippen LogP contribution in [-0.2, 0) is 11.3 Å². The van der Waals surface area contributed by atoms with Crippen LogP contribution < -0.4 is 11.1 Å². The normalized spacial score (nSPS) is 13.9. The molecule has 0 saturated carbocycles. The Labute approximate surface area is 105 Å². The minimum Gasteiger partial charge on any atom is -0.481 e. The zero-order valence-corrected chi connectivity index (χ0v) is 10.5. The monoisotopic (exact) mass is 254 g/mol. The van der Waals surface area contributed by atoms with Gasteiger partial charge < -0.3 is 20.6 Å². The van der Waals surface area contributed by atoms with Crippen LogP contribution in [0, 0.1) is 5.41 Å². The smallest absolute Gasteiger partial charge is 0.311 e. The topological polar surface area (TPSA) is 106 Å². The summed E-state index contributed by atoms with van der Waals surface area (Å²) in [6, 6.07) is 3.13. The van der Waals surface area contributed by atoms with Crippen molar-refractivity contribution in [2.45, 2.75) is 26.8 Å². The van der Waals surface area contributed by atoms with Gasteiger partial charge in [0, 0.05) is 6.54 Å². The summed E-state index contributed by atoms with van der Waals surface area (Å²) in [6.45, 7) is 3.62. The fraction of sp³-hybridized carbons (Fsp3) is 0.500. The third-order valence-electron chi connectivity index (χ3n) is 3.02. The predicted molar refractivity (Wildman–Crippen MR) is 65.0 cm³/mol. The minimum absolute atomic E-state index is 0.0519. The van der Waals surface area contributed by atoms with E-state index in [0.29, 0.717) is 12.2 Å². The van der Waals surface area contributed by atoms with Crippen molar-refractivity contribution in [1.29, 1.82) is 0 Å². The standard InChI is InChI=1S/C12H18N2O4/c1-3-12(2,11(16)17)7-14-10(15)9-5-4-8(6-13)18-9/h4-5H,3,6-7,13H2,1-2H3,(H,14,15)(H,16,17). The summed E-state index contributed by atoms with van der Waals surface area (Å²) in [4.78, 5) is 22.8. The first kappa shape index (κ1) is 14.2. The summed E-state index contributed by atoms with van der Waals surface area (Å²) < 4.78 is 5.17. The molecule has 6 nitrogen and oxygen atoms in total. The first-order valence-corrected chi connectivity index (χ1v) is 5.73. The number of aliphatic carboxylic acids is 1. The number of nitrogens with one attached hydrogen (secondary N) is 1. The van der Waals surface area contributed by atoms with Crippen LogP contribution in [0.1, 0.15) is 36.6 Å². The fourth-order valence-corrected chi connectivity index (χ4v) is 1.32. The number of carboxylic acids is 1. The molecule has 100 valence electrons. The van der Waals surface area contributed by atoms with Gasteiger partial charge in [-0.3, -0.25) is 9.59 Å². The average molecular weight is 254 g/mol. The first-order valence-electron chi connectivity index (χ1n) is 5.73. The first-order chi connectivity index (χ1) is 8.42. The number of amides is 1. The highest BCUT2D eigenvalue weighted by atomic mass is 16.4. The van der Waals surface area contributed by atoms with E-state index in [9.17, 15) is 9.59 Å². The van der Waals surface area contributed by atoms with E-state index in [2.05, 4.69) is 5.32 Å². The van der Waals surface area contributed by atoms with Crippen molar-refractivity contribution in [3.63, 3.8) is 0 Å². The number of hydrogen-bond donors (Lipinski definition) is 3. The zero-order valence-electron chi connectivity index (χ0n) is 10.5. The lowest BCUT2D eigenvalue weighted by Gasteiger charge is -2.22. The molecule has 1 heterocycles. The number of carbonyl (C=O) groups excluding carboxylic acids is 1. The van der Waals surface area contributed by atoms with Crippen molar-refractivity contribution in [2.75, 3.05) is 6.54 Å². The third kappa shape index (κ3) is 3.10. The molecule has 0 aromatic carbocycles. The van der Waals surface area contributed by atoms with Crippen molar-refractivity contribution in [2.24, 2.45) is 11.1 Å². The van der Waals surface area contributed by atoms with E-state index in [0.717, 1.165) is 0 Å². The number of carbonyl (C=O) groups is 2. The SMILES string of the molecule is CCC(C)(CNC(=O)c1ccc(CN)o1)C(=O)O. The number of rotatable bonds is 6. The number of nitrogens with two attached hydrogens (primary N) is 1. The van der Waals surface area contributed by atoms with Gasteiger partial charge in [0.15, 0.2) is 5.76 Å². The number of hydrogen-bond acceptors (Lipinski definition) is 4. The second-order valence-corrected chi connectivity index (χ2v) is 4.37. The van der Waals surface area contributed by atoms with Crippen molar-refractivity contribution in [3.8, 4) is 0 Å². The summed E-state index contributed by atoms with van der Waals surface area (Å²) in [7, 11) is 0. The lowest BCUT2D eigenvalue weighted by atomic mass is 9.88. The van der Waals surface area contributed by atoms with E-state index in [1.165, 1.54) is 6.07 Å². The van der Waals surface area contributed by atoms with Crippen molar-refractivity contribution in [1.82, 2.24) is 5.32 Å². The maximum Gasteiger partial charge on any atom is 0.311 e. The molecule has 1 rings (SSSR count). The van der Waals surface area contributed by atoms with Gasteiger partial charge in [-0.1, -0.05) is 6.92 Å². The van der Waals surface area contributed by atoms with E-state index in [1.807, 2.05) is 0 Å². The second kappa shape index (κ2) is 5.68. The quantitative estimate of drug-likeness (QED) is 0.701. The molecule has 1 aromatic rings. The van der Waals surface area contributed by atoms with Gasteiger partial charge in [0.05, 0.1) is 12.0 Å². The second-order valence-electron chi connectivity index (χ2n) is 4.37. The maximum absolute atomic E-state index is 11.7. The van der Waals surface area contributed by atoms with Crippen LogP contribution in [0.5, 0.6) is 0 Å². The van der Waals surface area contributed by atoms with Gasteiger partial charge in [0.2, 0.25) is 0 Å². The molecule has 1 atom stereocenters. The highest BCUT2D eigenvalue weighted by Gasteiger charge is 2.31. The van der Waals surface area contributed by atoms with Gasteiger partial charge in [-0.25, -0.2) is 0 Å². The molecule has 1 amide bonds. The van der Waals surface area contributed by atoms with Crippen LogP contribution in [-0.4, -0.2) is 23.5 Å². The Hall–Kier alpha value is -1.82. The lowest BCUT2D eigenvalue weighted by molar-refractivity contribution is -0.147. The largest absolute Gasteiger partial charge is 0.481 e. The molecule has 0 aliphatic heterocycles. The Morgan fingerprint density at radius 3 is 2.61 bits per heavy atom. The van der Waals surface area contributed by atoms with Crippen molar-refractivity contribution in [3.05, 3.63) is 23.7 Å². The summed E-state index contributed by atoms with van der Waals surface area (Å²) in [5, 5.41) is 11.6. The van der Waals surface area contributed by atoms with Gasteiger partial charge in [-0.05, 0) is 25.5 Å². The number of carboxylic acid groups (broad SMARTS) is 1. The highest BCUT2D eigenvalue weighted by molar-refractivity contribution is 5.91. The van der Waals surface area contributed by atoms with Crippen LogP contribution >= 0.6 is 0 Å². The van der Waals surface area contributed by atoms with Gasteiger partial charge in [-0.2, -0.15) is 0 Å². The van der Waals surface area contributed by atoms with E-state index in [4.69, 9.17) is 15.3 Å². The van der Waals surface area contributed by atoms with Crippen LogP contribution in [0.3, 0.4) is 0 Å². The molecule has 0 aliphatic rings. The van der Waals surface area contributed by atoms with Crippen LogP contribution in [0.2, 0.25) is 0 Å². The molecule has 0 spiro atoms. The Morgan fingerprint density at radius 1 is 1.50 bits per heavy atom. The fourth-order valence-electron chi connectivity index (χ4n) is 1.32. The van der Waals surface area contributed by atoms with E-state index in [1.54, 1.807) is 19.9 Å². The molecule has 0 radical (unpaired) electrons. The van der Waals surface area contributed by atoms with Crippen LogP contribution in [0.15, 0.2) is 16.5 Å². The molecule has 6 heteroatoms. The van der Waals surface area contributed by atoms with E-state index >= 15 is 0 Å².